The van der Waals surface area contributed by atoms with E-state index in [9.17, 15) is 9.50 Å². The zero-order valence-corrected chi connectivity index (χ0v) is 12.4. The molecule has 2 aromatic rings. The molecule has 2 N–H and O–H groups in total. The van der Waals surface area contributed by atoms with E-state index in [4.69, 9.17) is 0 Å². The van der Waals surface area contributed by atoms with Gasteiger partial charge in [0, 0.05) is 11.0 Å². The van der Waals surface area contributed by atoms with E-state index in [0.717, 1.165) is 16.7 Å². The zero-order valence-electron chi connectivity index (χ0n) is 10.8. The van der Waals surface area contributed by atoms with E-state index in [0.29, 0.717) is 22.5 Å². The largest absolute Gasteiger partial charge is 0.507 e. The predicted octanol–water partition coefficient (Wildman–Crippen LogP) is 4.52. The van der Waals surface area contributed by atoms with Gasteiger partial charge in [-0.05, 0) is 58.6 Å². The topological polar surface area (TPSA) is 32.3 Å². The monoisotopic (exact) mass is 323 g/mol. The number of para-hydroxylation sites is 1. The minimum absolute atomic E-state index is 0.290. The summed E-state index contributed by atoms with van der Waals surface area (Å²) in [6.07, 6.45) is 0. The molecule has 0 heterocycles. The Morgan fingerprint density at radius 1 is 1.21 bits per heavy atom. The molecule has 4 heteroatoms. The van der Waals surface area contributed by atoms with Crippen LogP contribution in [0.2, 0.25) is 0 Å². The van der Waals surface area contributed by atoms with Crippen molar-refractivity contribution in [3.8, 4) is 5.75 Å². The zero-order chi connectivity index (χ0) is 14.0. The molecule has 2 nitrogen and oxygen atoms in total. The average molecular weight is 324 g/mol. The molecular weight excluding hydrogens is 309 g/mol. The predicted molar refractivity (Wildman–Crippen MR) is 79.0 cm³/mol. The van der Waals surface area contributed by atoms with E-state index in [1.54, 1.807) is 12.1 Å². The van der Waals surface area contributed by atoms with Crippen molar-refractivity contribution < 1.29 is 9.50 Å². The van der Waals surface area contributed by atoms with E-state index < -0.39 is 0 Å². The molecule has 0 fully saturated rings. The van der Waals surface area contributed by atoms with E-state index in [-0.39, 0.29) is 5.82 Å². The van der Waals surface area contributed by atoms with Crippen LogP contribution in [0.15, 0.2) is 34.8 Å². The lowest BCUT2D eigenvalue weighted by Crippen LogP contribution is -2.03. The lowest BCUT2D eigenvalue weighted by Gasteiger charge is -2.12. The molecule has 0 radical (unpaired) electrons. The summed E-state index contributed by atoms with van der Waals surface area (Å²) in [5.74, 6) is 0.0254. The van der Waals surface area contributed by atoms with Crippen LogP contribution in [0.4, 0.5) is 10.1 Å². The number of halogens is 2. The van der Waals surface area contributed by atoms with Crippen molar-refractivity contribution in [2.45, 2.75) is 20.4 Å². The maximum absolute atomic E-state index is 13.6. The van der Waals surface area contributed by atoms with Crippen molar-refractivity contribution in [3.05, 3.63) is 57.3 Å². The molecule has 0 unspecified atom stereocenters. The van der Waals surface area contributed by atoms with Crippen molar-refractivity contribution in [1.82, 2.24) is 0 Å². The summed E-state index contributed by atoms with van der Waals surface area (Å²) >= 11 is 3.32. The normalized spacial score (nSPS) is 10.5. The number of anilines is 1. The second-order valence-corrected chi connectivity index (χ2v) is 5.38. The number of hydrogen-bond acceptors (Lipinski definition) is 2. The van der Waals surface area contributed by atoms with Crippen LogP contribution in [-0.4, -0.2) is 5.11 Å². The second-order valence-electron chi connectivity index (χ2n) is 4.53. The van der Waals surface area contributed by atoms with Gasteiger partial charge in [0.1, 0.15) is 11.6 Å². The molecule has 0 spiro atoms. The number of aryl methyl sites for hydroxylation is 2. The smallest absolute Gasteiger partial charge is 0.147 e. The van der Waals surface area contributed by atoms with Gasteiger partial charge in [0.05, 0.1) is 5.69 Å². The highest BCUT2D eigenvalue weighted by molar-refractivity contribution is 9.10. The maximum atomic E-state index is 13.6. The van der Waals surface area contributed by atoms with Crippen LogP contribution >= 0.6 is 15.9 Å². The molecule has 0 aliphatic heterocycles. The highest BCUT2D eigenvalue weighted by Gasteiger charge is 2.07. The molecule has 2 rings (SSSR count). The van der Waals surface area contributed by atoms with Gasteiger partial charge in [-0.2, -0.15) is 0 Å². The summed E-state index contributed by atoms with van der Waals surface area (Å²) < 4.78 is 14.3. The third-order valence-electron chi connectivity index (χ3n) is 2.98. The van der Waals surface area contributed by atoms with Gasteiger partial charge >= 0.3 is 0 Å². The van der Waals surface area contributed by atoms with Crippen molar-refractivity contribution >= 4 is 21.6 Å². The standard InChI is InChI=1S/C15H15BrFNO/c1-9-6-11(7-10(2)15(9)19)8-18-14-12(16)4-3-5-13(14)17/h3-7,18-19H,8H2,1-2H3. The first-order chi connectivity index (χ1) is 8.99. The molecular formula is C15H15BrFNO. The number of benzene rings is 2. The van der Waals surface area contributed by atoms with E-state index in [1.807, 2.05) is 26.0 Å². The SMILES string of the molecule is Cc1cc(CNc2c(F)cccc2Br)cc(C)c1O. The van der Waals surface area contributed by atoms with Gasteiger partial charge in [-0.15, -0.1) is 0 Å². The number of phenolic OH excluding ortho intramolecular Hbond substituents is 1. The second kappa shape index (κ2) is 5.61. The number of hydrogen-bond donors (Lipinski definition) is 2. The maximum Gasteiger partial charge on any atom is 0.147 e. The first-order valence-corrected chi connectivity index (χ1v) is 6.75. The molecule has 0 bridgehead atoms. The lowest BCUT2D eigenvalue weighted by atomic mass is 10.1. The van der Waals surface area contributed by atoms with Crippen LogP contribution in [0.25, 0.3) is 0 Å². The molecule has 0 aliphatic carbocycles. The van der Waals surface area contributed by atoms with Gasteiger partial charge < -0.3 is 10.4 Å². The van der Waals surface area contributed by atoms with E-state index in [1.165, 1.54) is 6.07 Å². The number of aromatic hydroxyl groups is 1. The Hall–Kier alpha value is -1.55. The summed E-state index contributed by atoms with van der Waals surface area (Å²) in [7, 11) is 0. The quantitative estimate of drug-likeness (QED) is 0.870. The fourth-order valence-corrected chi connectivity index (χ4v) is 2.49. The van der Waals surface area contributed by atoms with Crippen molar-refractivity contribution in [2.24, 2.45) is 0 Å². The van der Waals surface area contributed by atoms with Crippen molar-refractivity contribution in [1.29, 1.82) is 0 Å². The van der Waals surface area contributed by atoms with Gasteiger partial charge in [-0.3, -0.25) is 0 Å². The molecule has 0 saturated carbocycles. The summed E-state index contributed by atoms with van der Waals surface area (Å²) in [6, 6.07) is 8.65. The molecule has 0 aliphatic rings. The van der Waals surface area contributed by atoms with Gasteiger partial charge in [0.25, 0.3) is 0 Å². The Morgan fingerprint density at radius 3 is 2.42 bits per heavy atom. The molecule has 2 aromatic carbocycles. The first kappa shape index (κ1) is 13.9. The highest BCUT2D eigenvalue weighted by Crippen LogP contribution is 2.27. The van der Waals surface area contributed by atoms with Crippen LogP contribution < -0.4 is 5.32 Å². The van der Waals surface area contributed by atoms with E-state index >= 15 is 0 Å². The Balaban J connectivity index is 2.19. The summed E-state index contributed by atoms with van der Waals surface area (Å²) in [5, 5.41) is 12.8. The molecule has 0 atom stereocenters. The molecule has 0 aromatic heterocycles. The number of phenols is 1. The third kappa shape index (κ3) is 3.07. The van der Waals surface area contributed by atoms with Gasteiger partial charge in [0.2, 0.25) is 0 Å². The van der Waals surface area contributed by atoms with Crippen molar-refractivity contribution in [3.63, 3.8) is 0 Å². The highest BCUT2D eigenvalue weighted by atomic mass is 79.9. The Morgan fingerprint density at radius 2 is 1.84 bits per heavy atom. The fourth-order valence-electron chi connectivity index (χ4n) is 2.00. The molecule has 19 heavy (non-hydrogen) atoms. The Kier molecular flexibility index (Phi) is 4.10. The lowest BCUT2D eigenvalue weighted by molar-refractivity contribution is 0.466. The van der Waals surface area contributed by atoms with Gasteiger partial charge in [-0.1, -0.05) is 18.2 Å². The molecule has 0 amide bonds. The number of nitrogens with one attached hydrogen (secondary N) is 1. The van der Waals surface area contributed by atoms with E-state index in [2.05, 4.69) is 21.2 Å². The molecule has 100 valence electrons. The minimum atomic E-state index is -0.290. The fraction of sp³-hybridized carbons (Fsp3) is 0.200. The third-order valence-corrected chi connectivity index (χ3v) is 3.64. The summed E-state index contributed by atoms with van der Waals surface area (Å²) in [4.78, 5) is 0. The van der Waals surface area contributed by atoms with Crippen molar-refractivity contribution in [2.75, 3.05) is 5.32 Å². The van der Waals surface area contributed by atoms with Gasteiger partial charge in [-0.25, -0.2) is 4.39 Å². The first-order valence-electron chi connectivity index (χ1n) is 5.96. The average Bonchev–Trinajstić information content (AvgIpc) is 2.35. The Bertz CT molecular complexity index is 570. The molecule has 0 saturated heterocycles. The van der Waals surface area contributed by atoms with Crippen LogP contribution in [-0.2, 0) is 6.54 Å². The Labute approximate surface area is 120 Å². The van der Waals surface area contributed by atoms with Crippen LogP contribution in [0.1, 0.15) is 16.7 Å². The minimum Gasteiger partial charge on any atom is -0.507 e. The van der Waals surface area contributed by atoms with Gasteiger partial charge in [0.15, 0.2) is 0 Å². The van der Waals surface area contributed by atoms with Crippen LogP contribution in [0.3, 0.4) is 0 Å². The summed E-state index contributed by atoms with van der Waals surface area (Å²) in [6.45, 7) is 4.21. The van der Waals surface area contributed by atoms with Crippen LogP contribution in [0, 0.1) is 19.7 Å². The van der Waals surface area contributed by atoms with Crippen LogP contribution in [0.5, 0.6) is 5.75 Å². The summed E-state index contributed by atoms with van der Waals surface area (Å²) in [5.41, 5.74) is 3.10. The number of rotatable bonds is 3.